The van der Waals surface area contributed by atoms with Gasteiger partial charge >= 0.3 is 0 Å². The predicted molar refractivity (Wildman–Crippen MR) is 116 cm³/mol. The Morgan fingerprint density at radius 3 is 1.93 bits per heavy atom. The van der Waals surface area contributed by atoms with Crippen LogP contribution in [0.25, 0.3) is 11.3 Å². The van der Waals surface area contributed by atoms with Crippen molar-refractivity contribution in [2.24, 2.45) is 0 Å². The zero-order valence-electron chi connectivity index (χ0n) is 16.9. The Morgan fingerprint density at radius 2 is 1.34 bits per heavy atom. The van der Waals surface area contributed by atoms with Gasteiger partial charge in [0.15, 0.2) is 0 Å². The quantitative estimate of drug-likeness (QED) is 0.537. The van der Waals surface area contributed by atoms with Crippen molar-refractivity contribution in [2.45, 2.75) is 12.7 Å². The highest BCUT2D eigenvalue weighted by molar-refractivity contribution is 5.86. The molecule has 0 fully saturated rings. The lowest BCUT2D eigenvalue weighted by atomic mass is 9.87. The van der Waals surface area contributed by atoms with Crippen LogP contribution in [-0.2, 0) is 15.3 Å². The van der Waals surface area contributed by atoms with E-state index in [1.807, 2.05) is 72.8 Å². The number of rotatable bonds is 5. The molecule has 0 radical (unpaired) electrons. The molecule has 0 aromatic heterocycles. The zero-order chi connectivity index (χ0) is 20.3. The van der Waals surface area contributed by atoms with Crippen molar-refractivity contribution in [3.05, 3.63) is 113 Å². The molecule has 1 atom stereocenters. The Balaban J connectivity index is 1.91. The van der Waals surface area contributed by atoms with Gasteiger partial charge in [-0.2, -0.15) is 0 Å². The van der Waals surface area contributed by atoms with Crippen LogP contribution >= 0.6 is 0 Å². The average molecular weight is 384 g/mol. The molecule has 3 aromatic rings. The van der Waals surface area contributed by atoms with Crippen LogP contribution in [0.1, 0.15) is 23.6 Å². The van der Waals surface area contributed by atoms with E-state index in [2.05, 4.69) is 25.1 Å². The molecule has 0 aliphatic carbocycles. The number of methoxy groups -OCH3 is 2. The Hall–Kier alpha value is -3.30. The lowest BCUT2D eigenvalue weighted by molar-refractivity contribution is -0.160. The van der Waals surface area contributed by atoms with Crippen LogP contribution in [0.5, 0.6) is 5.75 Å². The molecule has 1 unspecified atom stereocenters. The lowest BCUT2D eigenvalue weighted by Gasteiger charge is -2.39. The second kappa shape index (κ2) is 7.98. The first-order valence-corrected chi connectivity index (χ1v) is 9.60. The molecule has 0 saturated carbocycles. The number of ether oxygens (including phenoxy) is 3. The summed E-state index contributed by atoms with van der Waals surface area (Å²) in [6.07, 6.45) is 2.09. The molecule has 29 heavy (non-hydrogen) atoms. The van der Waals surface area contributed by atoms with Crippen molar-refractivity contribution in [3.63, 3.8) is 0 Å². The minimum atomic E-state index is -1.00. The number of benzene rings is 3. The monoisotopic (exact) mass is 384 g/mol. The normalized spacial score (nSPS) is 18.8. The first-order valence-electron chi connectivity index (χ1n) is 9.60. The fourth-order valence-corrected chi connectivity index (χ4v) is 3.74. The second-order valence-electron chi connectivity index (χ2n) is 6.93. The molecule has 1 heterocycles. The van der Waals surface area contributed by atoms with Crippen LogP contribution in [0, 0.1) is 0 Å². The van der Waals surface area contributed by atoms with Gasteiger partial charge in [-0.15, -0.1) is 0 Å². The van der Waals surface area contributed by atoms with Gasteiger partial charge in [0.1, 0.15) is 11.5 Å². The van der Waals surface area contributed by atoms with Crippen molar-refractivity contribution in [3.8, 4) is 5.75 Å². The van der Waals surface area contributed by atoms with Crippen LogP contribution in [0.15, 0.2) is 96.6 Å². The van der Waals surface area contributed by atoms with Gasteiger partial charge in [-0.3, -0.25) is 0 Å². The summed E-state index contributed by atoms with van der Waals surface area (Å²) < 4.78 is 18.0. The van der Waals surface area contributed by atoms with Gasteiger partial charge in [-0.1, -0.05) is 60.7 Å². The van der Waals surface area contributed by atoms with Gasteiger partial charge < -0.3 is 14.2 Å². The summed E-state index contributed by atoms with van der Waals surface area (Å²) in [6.45, 7) is 2.07. The van der Waals surface area contributed by atoms with Crippen molar-refractivity contribution in [1.82, 2.24) is 0 Å². The maximum absolute atomic E-state index is 6.57. The molecule has 3 heteroatoms. The fraction of sp³-hybridized carbons (Fsp3) is 0.154. The number of hydrogen-bond acceptors (Lipinski definition) is 3. The van der Waals surface area contributed by atoms with Crippen LogP contribution in [-0.4, -0.2) is 14.2 Å². The minimum absolute atomic E-state index is 0.753. The van der Waals surface area contributed by atoms with E-state index >= 15 is 0 Å². The molecule has 3 aromatic carbocycles. The summed E-state index contributed by atoms with van der Waals surface area (Å²) >= 11 is 0. The first-order chi connectivity index (χ1) is 14.2. The van der Waals surface area contributed by atoms with E-state index in [1.54, 1.807) is 14.2 Å². The van der Waals surface area contributed by atoms with Gasteiger partial charge in [0.2, 0.25) is 0 Å². The maximum atomic E-state index is 6.57. The average Bonchev–Trinajstić information content (AvgIpc) is 2.80. The summed E-state index contributed by atoms with van der Waals surface area (Å²) in [6, 6.07) is 28.3. The minimum Gasteiger partial charge on any atom is -0.497 e. The Bertz CT molecular complexity index is 1030. The summed E-state index contributed by atoms with van der Waals surface area (Å²) in [5, 5.41) is 0. The number of allylic oxidation sites excluding steroid dienone is 2. The maximum Gasteiger partial charge on any atom is 0.260 e. The van der Waals surface area contributed by atoms with Crippen molar-refractivity contribution < 1.29 is 14.2 Å². The smallest absolute Gasteiger partial charge is 0.260 e. The predicted octanol–water partition coefficient (Wildman–Crippen LogP) is 6.04. The third kappa shape index (κ3) is 3.45. The molecule has 0 amide bonds. The molecule has 3 nitrogen and oxygen atoms in total. The lowest BCUT2D eigenvalue weighted by Crippen LogP contribution is -2.35. The van der Waals surface area contributed by atoms with Crippen molar-refractivity contribution in [2.75, 3.05) is 14.2 Å². The second-order valence-corrected chi connectivity index (χ2v) is 6.93. The van der Waals surface area contributed by atoms with E-state index in [9.17, 15) is 0 Å². The third-order valence-corrected chi connectivity index (χ3v) is 5.33. The van der Waals surface area contributed by atoms with Gasteiger partial charge in [0, 0.05) is 23.8 Å². The molecule has 1 aliphatic heterocycles. The van der Waals surface area contributed by atoms with E-state index in [0.29, 0.717) is 0 Å². The van der Waals surface area contributed by atoms with Gasteiger partial charge in [0.05, 0.1) is 7.11 Å². The fourth-order valence-electron chi connectivity index (χ4n) is 3.74. The number of hydrogen-bond donors (Lipinski definition) is 0. The Labute approximate surface area is 171 Å². The molecular weight excluding hydrogens is 360 g/mol. The van der Waals surface area contributed by atoms with Gasteiger partial charge in [0.25, 0.3) is 5.79 Å². The van der Waals surface area contributed by atoms with Gasteiger partial charge in [-0.25, -0.2) is 0 Å². The molecule has 0 saturated heterocycles. The van der Waals surface area contributed by atoms with E-state index in [1.165, 1.54) is 0 Å². The standard InChI is InChI=1S/C26H24O3/c1-19-24(20-10-6-4-7-11-20)18-25(21-14-16-23(27-2)17-15-21)29-26(19,28-3)22-12-8-5-9-13-22/h4-18H,1-3H3. The summed E-state index contributed by atoms with van der Waals surface area (Å²) in [7, 11) is 3.35. The largest absolute Gasteiger partial charge is 0.497 e. The topological polar surface area (TPSA) is 27.7 Å². The highest BCUT2D eigenvalue weighted by atomic mass is 16.7. The molecule has 146 valence electrons. The molecule has 0 spiro atoms. The third-order valence-electron chi connectivity index (χ3n) is 5.33. The summed E-state index contributed by atoms with van der Waals surface area (Å²) in [5.74, 6) is 0.556. The van der Waals surface area contributed by atoms with Crippen LogP contribution in [0.4, 0.5) is 0 Å². The molecule has 1 aliphatic rings. The zero-order valence-corrected chi connectivity index (χ0v) is 16.9. The highest BCUT2D eigenvalue weighted by Gasteiger charge is 2.42. The van der Waals surface area contributed by atoms with E-state index in [4.69, 9.17) is 14.2 Å². The van der Waals surface area contributed by atoms with Crippen LogP contribution in [0.3, 0.4) is 0 Å². The van der Waals surface area contributed by atoms with Crippen LogP contribution < -0.4 is 4.74 Å². The van der Waals surface area contributed by atoms with E-state index in [-0.39, 0.29) is 0 Å². The molecule has 0 bridgehead atoms. The highest BCUT2D eigenvalue weighted by Crippen LogP contribution is 2.46. The Morgan fingerprint density at radius 1 is 0.724 bits per heavy atom. The van der Waals surface area contributed by atoms with E-state index in [0.717, 1.165) is 39.3 Å². The summed E-state index contributed by atoms with van der Waals surface area (Å²) in [4.78, 5) is 0. The van der Waals surface area contributed by atoms with Crippen molar-refractivity contribution in [1.29, 1.82) is 0 Å². The van der Waals surface area contributed by atoms with Crippen LogP contribution in [0.2, 0.25) is 0 Å². The molecule has 4 rings (SSSR count). The van der Waals surface area contributed by atoms with E-state index < -0.39 is 5.79 Å². The van der Waals surface area contributed by atoms with Gasteiger partial charge in [-0.05, 0) is 48.4 Å². The summed E-state index contributed by atoms with van der Waals surface area (Å²) in [5.41, 5.74) is 5.14. The molecule has 0 N–H and O–H groups in total. The van der Waals surface area contributed by atoms with Crippen molar-refractivity contribution >= 4 is 11.3 Å². The Kier molecular flexibility index (Phi) is 5.24. The first kappa shape index (κ1) is 19.0. The molecular formula is C26H24O3. The SMILES string of the molecule is COc1ccc(C2=CC(c3ccccc3)=C(C)C(OC)(c3ccccc3)O2)cc1.